The molecule has 0 radical (unpaired) electrons. The average Bonchev–Trinajstić information content (AvgIpc) is 2.96. The number of aliphatic hydroxyl groups is 1. The van der Waals surface area contributed by atoms with Crippen LogP contribution >= 0.6 is 0 Å². The van der Waals surface area contributed by atoms with Gasteiger partial charge < -0.3 is 10.0 Å². The Morgan fingerprint density at radius 1 is 1.53 bits per heavy atom. The third-order valence-corrected chi connectivity index (χ3v) is 3.79. The van der Waals surface area contributed by atoms with Crippen LogP contribution in [0.2, 0.25) is 0 Å². The first-order chi connectivity index (χ1) is 8.93. The maximum atomic E-state index is 12.4. The molecular weight excluding hydrogens is 242 g/mol. The SMILES string of the molecule is CC(C)n1nccc1C(=O)N(C)CC1(O)CCCC1. The van der Waals surface area contributed by atoms with Crippen LogP contribution in [0.25, 0.3) is 0 Å². The van der Waals surface area contributed by atoms with Gasteiger partial charge in [0.1, 0.15) is 5.69 Å². The van der Waals surface area contributed by atoms with Crippen molar-refractivity contribution in [3.63, 3.8) is 0 Å². The van der Waals surface area contributed by atoms with E-state index in [1.165, 1.54) is 0 Å². The first-order valence-corrected chi connectivity index (χ1v) is 6.94. The number of carbonyl (C=O) groups is 1. The predicted octanol–water partition coefficient (Wildman–Crippen LogP) is 1.84. The van der Waals surface area contributed by atoms with Crippen LogP contribution in [0, 0.1) is 0 Å². The zero-order valence-corrected chi connectivity index (χ0v) is 12.0. The first-order valence-electron chi connectivity index (χ1n) is 6.94. The molecule has 0 spiro atoms. The van der Waals surface area contributed by atoms with Gasteiger partial charge in [0.25, 0.3) is 5.91 Å². The van der Waals surface area contributed by atoms with Gasteiger partial charge in [0, 0.05) is 25.8 Å². The number of aromatic nitrogens is 2. The lowest BCUT2D eigenvalue weighted by Gasteiger charge is -2.28. The molecule has 0 aromatic carbocycles. The molecule has 1 amide bonds. The Labute approximate surface area is 114 Å². The molecular formula is C14H23N3O2. The van der Waals surface area contributed by atoms with Crippen molar-refractivity contribution in [1.29, 1.82) is 0 Å². The minimum atomic E-state index is -0.701. The van der Waals surface area contributed by atoms with Crippen LogP contribution in [0.1, 0.15) is 56.1 Å². The summed E-state index contributed by atoms with van der Waals surface area (Å²) in [5.74, 6) is -0.0773. The summed E-state index contributed by atoms with van der Waals surface area (Å²) in [5.41, 5.74) is -0.119. The van der Waals surface area contributed by atoms with Crippen molar-refractivity contribution >= 4 is 5.91 Å². The van der Waals surface area contributed by atoms with E-state index in [-0.39, 0.29) is 11.9 Å². The second-order valence-corrected chi connectivity index (χ2v) is 5.85. The lowest BCUT2D eigenvalue weighted by molar-refractivity contribution is 0.0152. The molecule has 1 heterocycles. The second kappa shape index (κ2) is 5.33. The quantitative estimate of drug-likeness (QED) is 0.903. The summed E-state index contributed by atoms with van der Waals surface area (Å²) in [4.78, 5) is 14.0. The van der Waals surface area contributed by atoms with Crippen molar-refractivity contribution in [3.8, 4) is 0 Å². The molecule has 1 aromatic heterocycles. The number of hydrogen-bond acceptors (Lipinski definition) is 3. The number of nitrogens with zero attached hydrogens (tertiary/aromatic N) is 3. The third-order valence-electron chi connectivity index (χ3n) is 3.79. The normalized spacial score (nSPS) is 17.9. The fourth-order valence-corrected chi connectivity index (χ4v) is 2.80. The minimum absolute atomic E-state index is 0.0773. The molecule has 106 valence electrons. The highest BCUT2D eigenvalue weighted by Crippen LogP contribution is 2.30. The van der Waals surface area contributed by atoms with Crippen LogP contribution in [-0.2, 0) is 0 Å². The van der Waals surface area contributed by atoms with E-state index < -0.39 is 5.60 Å². The third kappa shape index (κ3) is 2.97. The van der Waals surface area contributed by atoms with E-state index >= 15 is 0 Å². The van der Waals surface area contributed by atoms with Gasteiger partial charge in [-0.25, -0.2) is 0 Å². The van der Waals surface area contributed by atoms with Crippen LogP contribution in [0.3, 0.4) is 0 Å². The Morgan fingerprint density at radius 2 is 2.16 bits per heavy atom. The first kappa shape index (κ1) is 14.1. The van der Waals surface area contributed by atoms with Gasteiger partial charge in [-0.1, -0.05) is 12.8 Å². The highest BCUT2D eigenvalue weighted by atomic mass is 16.3. The average molecular weight is 265 g/mol. The van der Waals surface area contributed by atoms with Gasteiger partial charge >= 0.3 is 0 Å². The summed E-state index contributed by atoms with van der Waals surface area (Å²) in [6.07, 6.45) is 5.30. The molecule has 1 aliphatic rings. The number of hydrogen-bond donors (Lipinski definition) is 1. The molecule has 0 aliphatic heterocycles. The molecule has 5 nitrogen and oxygen atoms in total. The molecule has 1 aromatic rings. The maximum absolute atomic E-state index is 12.4. The van der Waals surface area contributed by atoms with Gasteiger partial charge in [-0.3, -0.25) is 9.48 Å². The number of carbonyl (C=O) groups excluding carboxylic acids is 1. The van der Waals surface area contributed by atoms with E-state index in [1.54, 1.807) is 28.9 Å². The van der Waals surface area contributed by atoms with Gasteiger partial charge in [0.05, 0.1) is 5.60 Å². The summed E-state index contributed by atoms with van der Waals surface area (Å²) >= 11 is 0. The van der Waals surface area contributed by atoms with Gasteiger partial charge in [0.15, 0.2) is 0 Å². The van der Waals surface area contributed by atoms with Crippen LogP contribution in [0.5, 0.6) is 0 Å². The minimum Gasteiger partial charge on any atom is -0.388 e. The van der Waals surface area contributed by atoms with Crippen LogP contribution < -0.4 is 0 Å². The lowest BCUT2D eigenvalue weighted by Crippen LogP contribution is -2.42. The largest absolute Gasteiger partial charge is 0.388 e. The van der Waals surface area contributed by atoms with Crippen LogP contribution in [-0.4, -0.2) is 44.9 Å². The van der Waals surface area contributed by atoms with Gasteiger partial charge in [-0.05, 0) is 32.8 Å². The van der Waals surface area contributed by atoms with Crippen molar-refractivity contribution in [1.82, 2.24) is 14.7 Å². The Morgan fingerprint density at radius 3 is 2.74 bits per heavy atom. The molecule has 0 atom stereocenters. The molecule has 1 N–H and O–H groups in total. The number of likely N-dealkylation sites (N-methyl/N-ethyl adjacent to an activating group) is 1. The lowest BCUT2D eigenvalue weighted by atomic mass is 10.0. The predicted molar refractivity (Wildman–Crippen MR) is 73.0 cm³/mol. The maximum Gasteiger partial charge on any atom is 0.271 e. The van der Waals surface area contributed by atoms with Gasteiger partial charge in [0.2, 0.25) is 0 Å². The fourth-order valence-electron chi connectivity index (χ4n) is 2.80. The van der Waals surface area contributed by atoms with Gasteiger partial charge in [-0.15, -0.1) is 0 Å². The Kier molecular flexibility index (Phi) is 3.94. The van der Waals surface area contributed by atoms with Crippen LogP contribution in [0.15, 0.2) is 12.3 Å². The van der Waals surface area contributed by atoms with E-state index in [2.05, 4.69) is 5.10 Å². The monoisotopic (exact) mass is 265 g/mol. The molecule has 1 fully saturated rings. The van der Waals surface area contributed by atoms with Crippen molar-refractivity contribution in [2.24, 2.45) is 0 Å². The summed E-state index contributed by atoms with van der Waals surface area (Å²) < 4.78 is 1.72. The molecule has 2 rings (SSSR count). The van der Waals surface area contributed by atoms with E-state index in [9.17, 15) is 9.90 Å². The van der Waals surface area contributed by atoms with E-state index in [0.29, 0.717) is 12.2 Å². The van der Waals surface area contributed by atoms with E-state index in [1.807, 2.05) is 13.8 Å². The van der Waals surface area contributed by atoms with Gasteiger partial charge in [-0.2, -0.15) is 5.10 Å². The molecule has 1 saturated carbocycles. The second-order valence-electron chi connectivity index (χ2n) is 5.85. The summed E-state index contributed by atoms with van der Waals surface area (Å²) in [6.45, 7) is 4.39. The summed E-state index contributed by atoms with van der Waals surface area (Å²) in [6, 6.07) is 1.88. The Hall–Kier alpha value is -1.36. The van der Waals surface area contributed by atoms with Crippen molar-refractivity contribution in [3.05, 3.63) is 18.0 Å². The van der Waals surface area contributed by atoms with Crippen molar-refractivity contribution in [2.45, 2.75) is 51.2 Å². The highest BCUT2D eigenvalue weighted by molar-refractivity contribution is 5.92. The van der Waals surface area contributed by atoms with E-state index in [0.717, 1.165) is 25.7 Å². The molecule has 0 saturated heterocycles. The topological polar surface area (TPSA) is 58.4 Å². The van der Waals surface area contributed by atoms with Crippen LogP contribution in [0.4, 0.5) is 0 Å². The zero-order chi connectivity index (χ0) is 14.0. The zero-order valence-electron chi connectivity index (χ0n) is 12.0. The van der Waals surface area contributed by atoms with Crippen molar-refractivity contribution in [2.75, 3.05) is 13.6 Å². The molecule has 19 heavy (non-hydrogen) atoms. The smallest absolute Gasteiger partial charge is 0.271 e. The molecule has 0 bridgehead atoms. The Bertz CT molecular complexity index is 447. The standard InChI is InChI=1S/C14H23N3O2/c1-11(2)17-12(6-9-15-17)13(18)16(3)10-14(19)7-4-5-8-14/h6,9,11,19H,4-5,7-8,10H2,1-3H3. The summed E-state index contributed by atoms with van der Waals surface area (Å²) in [7, 11) is 1.75. The molecule has 0 unspecified atom stereocenters. The summed E-state index contributed by atoms with van der Waals surface area (Å²) in [5, 5.41) is 14.5. The fraction of sp³-hybridized carbons (Fsp3) is 0.714. The molecule has 5 heteroatoms. The Balaban J connectivity index is 2.08. The highest BCUT2D eigenvalue weighted by Gasteiger charge is 2.34. The van der Waals surface area contributed by atoms with E-state index in [4.69, 9.17) is 0 Å². The molecule has 1 aliphatic carbocycles. The van der Waals surface area contributed by atoms with Crippen molar-refractivity contribution < 1.29 is 9.90 Å². The number of rotatable bonds is 4. The number of amides is 1.